The second-order valence-corrected chi connectivity index (χ2v) is 11.9. The molecule has 0 aliphatic carbocycles. The molecule has 3 N–H and O–H groups in total. The van der Waals surface area contributed by atoms with Crippen molar-refractivity contribution in [2.45, 2.75) is 49.4 Å². The maximum Gasteiger partial charge on any atom is 0.187 e. The van der Waals surface area contributed by atoms with Crippen LogP contribution in [0, 0.1) is 22.7 Å². The average Bonchev–Trinajstić information content (AvgIpc) is 3.59. The first kappa shape index (κ1) is 29.4. The van der Waals surface area contributed by atoms with Crippen molar-refractivity contribution in [3.8, 4) is 29.0 Å². The number of hydrogen-bond donors (Lipinski definition) is 2. The number of pyridine rings is 1. The molecule has 42 heavy (non-hydrogen) atoms. The van der Waals surface area contributed by atoms with Gasteiger partial charge in [-0.25, -0.2) is 9.97 Å². The molecule has 2 aromatic heterocycles. The summed E-state index contributed by atoms with van der Waals surface area (Å²) < 4.78 is 16.9. The van der Waals surface area contributed by atoms with E-state index in [0.29, 0.717) is 28.5 Å². The first-order valence-electron chi connectivity index (χ1n) is 13.3. The minimum atomic E-state index is -0.539. The molecule has 9 nitrogen and oxygen atoms in total. The highest BCUT2D eigenvalue weighted by Crippen LogP contribution is 2.37. The number of rotatable bonds is 10. The van der Waals surface area contributed by atoms with Crippen molar-refractivity contribution in [2.24, 2.45) is 0 Å². The lowest BCUT2D eigenvalue weighted by Crippen LogP contribution is -2.21. The molecule has 3 heterocycles. The molecule has 11 heteroatoms. The second-order valence-electron chi connectivity index (χ2n) is 10.1. The molecule has 214 valence electrons. The molecule has 0 bridgehead atoms. The maximum atomic E-state index is 10.2. The number of ether oxygens (including phenoxy) is 3. The second kappa shape index (κ2) is 12.8. The van der Waals surface area contributed by atoms with Crippen molar-refractivity contribution in [1.82, 2.24) is 9.97 Å². The Labute approximate surface area is 253 Å². The molecule has 0 amide bonds. The molecule has 2 aromatic carbocycles. The predicted octanol–water partition coefficient (Wildman–Crippen LogP) is 6.66. The third-order valence-corrected chi connectivity index (χ3v) is 8.53. The number of aryl methyl sites for hydroxylation is 1. The van der Waals surface area contributed by atoms with Crippen molar-refractivity contribution >= 4 is 39.7 Å². The van der Waals surface area contributed by atoms with E-state index in [0.717, 1.165) is 46.2 Å². The molecule has 1 saturated heterocycles. The number of nitrogens with zero attached hydrogens (tertiary/aromatic N) is 4. The van der Waals surface area contributed by atoms with E-state index in [1.807, 2.05) is 67.8 Å². The molecule has 1 aliphatic heterocycles. The zero-order valence-corrected chi connectivity index (χ0v) is 25.1. The fourth-order valence-electron chi connectivity index (χ4n) is 4.66. The molecule has 1 aliphatic rings. The Bertz CT molecular complexity index is 1660. The number of thioether (sulfide) groups is 1. The number of nitrogens with two attached hydrogens (primary N) is 1. The Balaban J connectivity index is 1.31. The van der Waals surface area contributed by atoms with Crippen molar-refractivity contribution in [3.05, 3.63) is 76.3 Å². The summed E-state index contributed by atoms with van der Waals surface area (Å²) in [5.41, 5.74) is 10.8. The van der Waals surface area contributed by atoms with Crippen LogP contribution < -0.4 is 15.8 Å². The highest BCUT2D eigenvalue weighted by molar-refractivity contribution is 7.98. The van der Waals surface area contributed by atoms with Crippen molar-refractivity contribution in [2.75, 3.05) is 24.8 Å². The normalized spacial score (nSPS) is 15.6. The highest BCUT2D eigenvalue weighted by Gasteiger charge is 2.32. The molecule has 0 radical (unpaired) electrons. The van der Waals surface area contributed by atoms with E-state index in [-0.39, 0.29) is 17.5 Å². The molecule has 1 fully saturated rings. The van der Waals surface area contributed by atoms with Crippen LogP contribution in [0.3, 0.4) is 0 Å². The average molecular weight is 599 g/mol. The Morgan fingerprint density at radius 2 is 1.93 bits per heavy atom. The van der Waals surface area contributed by atoms with Crippen molar-refractivity contribution in [1.29, 1.82) is 10.5 Å². The fraction of sp³-hybridized carbons (Fsp3) is 0.290. The van der Waals surface area contributed by atoms with E-state index in [9.17, 15) is 10.5 Å². The predicted molar refractivity (Wildman–Crippen MR) is 165 cm³/mol. The number of nitrogens with one attached hydrogen (secondary N) is 1. The maximum absolute atomic E-state index is 10.2. The summed E-state index contributed by atoms with van der Waals surface area (Å²) >= 11 is 2.85. The zero-order valence-electron chi connectivity index (χ0n) is 23.5. The third-order valence-electron chi connectivity index (χ3n) is 6.71. The molecule has 0 spiro atoms. The van der Waals surface area contributed by atoms with Gasteiger partial charge in [-0.15, -0.1) is 11.3 Å². The molecule has 1 atom stereocenters. The number of benzene rings is 2. The van der Waals surface area contributed by atoms with E-state index in [2.05, 4.69) is 27.4 Å². The number of aromatic nitrogens is 2. The topological polar surface area (TPSA) is 139 Å². The summed E-state index contributed by atoms with van der Waals surface area (Å²) in [7, 11) is 1.63. The molecular formula is C31H30N6O3S2. The van der Waals surface area contributed by atoms with E-state index in [1.54, 1.807) is 7.11 Å². The first-order valence-corrected chi connectivity index (χ1v) is 15.2. The molecular weight excluding hydrogens is 569 g/mol. The van der Waals surface area contributed by atoms with Crippen LogP contribution in [-0.2, 0) is 21.6 Å². The van der Waals surface area contributed by atoms with Crippen LogP contribution in [0.1, 0.15) is 42.7 Å². The number of methoxy groups -OCH3 is 1. The summed E-state index contributed by atoms with van der Waals surface area (Å²) in [5, 5.41) is 26.5. The zero-order chi connectivity index (χ0) is 29.7. The monoisotopic (exact) mass is 598 g/mol. The third kappa shape index (κ3) is 6.84. The van der Waals surface area contributed by atoms with Gasteiger partial charge in [0.1, 0.15) is 34.3 Å². The lowest BCUT2D eigenvalue weighted by Gasteiger charge is -2.17. The summed E-state index contributed by atoms with van der Waals surface area (Å²) in [6, 6.07) is 19.9. The quantitative estimate of drug-likeness (QED) is 0.190. The molecule has 0 saturated carbocycles. The SMILES string of the molecule is COc1cccc(Nc2nc(CSc3nc(N)c(C#N)c(-c4ccc(CC[C@@H]5COC(C)(C)O5)cc4)c3C#N)cs2)c1. The highest BCUT2D eigenvalue weighted by atomic mass is 32.2. The summed E-state index contributed by atoms with van der Waals surface area (Å²) in [5.74, 6) is 0.787. The number of thiazole rings is 1. The van der Waals surface area contributed by atoms with Crippen LogP contribution in [0.15, 0.2) is 58.9 Å². The standard InChI is InChI=1S/C31H30N6O3S2/c1-31(2)39-16-24(40-31)12-9-19-7-10-20(11-8-19)27-25(14-32)28(34)37-29(26(27)15-33)41-17-22-18-42-30(36-22)35-21-5-4-6-23(13-21)38-3/h4-8,10-11,13,18,24H,9,12,16-17H2,1-3H3,(H2,34,37)(H,35,36)/t24-/m1/s1. The van der Waals surface area contributed by atoms with Gasteiger partial charge in [-0.05, 0) is 49.9 Å². The summed E-state index contributed by atoms with van der Waals surface area (Å²) in [4.78, 5) is 9.10. The minimum absolute atomic E-state index is 0.0565. The Morgan fingerprint density at radius 1 is 1.14 bits per heavy atom. The molecule has 0 unspecified atom stereocenters. The van der Waals surface area contributed by atoms with Crippen LogP contribution in [0.5, 0.6) is 5.75 Å². The minimum Gasteiger partial charge on any atom is -0.497 e. The van der Waals surface area contributed by atoms with Crippen molar-refractivity contribution < 1.29 is 14.2 Å². The number of nitriles is 2. The van der Waals surface area contributed by atoms with Gasteiger partial charge >= 0.3 is 0 Å². The van der Waals surface area contributed by atoms with Gasteiger partial charge in [0.05, 0.1) is 31.1 Å². The fourth-order valence-corrected chi connectivity index (χ4v) is 6.38. The largest absolute Gasteiger partial charge is 0.497 e. The van der Waals surface area contributed by atoms with Gasteiger partial charge < -0.3 is 25.3 Å². The van der Waals surface area contributed by atoms with Crippen LogP contribution in [0.25, 0.3) is 11.1 Å². The van der Waals surface area contributed by atoms with Gasteiger partial charge in [0.25, 0.3) is 0 Å². The van der Waals surface area contributed by atoms with Gasteiger partial charge in [-0.2, -0.15) is 10.5 Å². The lowest BCUT2D eigenvalue weighted by atomic mass is 9.95. The summed E-state index contributed by atoms with van der Waals surface area (Å²) in [6.07, 6.45) is 1.72. The smallest absolute Gasteiger partial charge is 0.187 e. The van der Waals surface area contributed by atoms with Crippen LogP contribution in [-0.4, -0.2) is 35.6 Å². The Morgan fingerprint density at radius 3 is 2.62 bits per heavy atom. The van der Waals surface area contributed by atoms with Gasteiger partial charge in [0.15, 0.2) is 10.9 Å². The number of nitrogen functional groups attached to an aromatic ring is 1. The van der Waals surface area contributed by atoms with Crippen LogP contribution in [0.4, 0.5) is 16.6 Å². The van der Waals surface area contributed by atoms with Gasteiger partial charge in [-0.1, -0.05) is 42.1 Å². The first-order chi connectivity index (χ1) is 20.3. The number of hydrogen-bond acceptors (Lipinski definition) is 11. The van der Waals surface area contributed by atoms with E-state index in [4.69, 9.17) is 19.9 Å². The molecule has 5 rings (SSSR count). The lowest BCUT2D eigenvalue weighted by molar-refractivity contribution is -0.138. The van der Waals surface area contributed by atoms with E-state index >= 15 is 0 Å². The van der Waals surface area contributed by atoms with E-state index in [1.165, 1.54) is 23.1 Å². The van der Waals surface area contributed by atoms with Crippen LogP contribution >= 0.6 is 23.1 Å². The van der Waals surface area contributed by atoms with Crippen molar-refractivity contribution in [3.63, 3.8) is 0 Å². The van der Waals surface area contributed by atoms with Gasteiger partial charge in [-0.3, -0.25) is 0 Å². The number of anilines is 3. The van der Waals surface area contributed by atoms with Gasteiger partial charge in [0, 0.05) is 28.5 Å². The van der Waals surface area contributed by atoms with E-state index < -0.39 is 5.79 Å². The molecule has 4 aromatic rings. The van der Waals surface area contributed by atoms with Crippen LogP contribution in [0.2, 0.25) is 0 Å². The summed E-state index contributed by atoms with van der Waals surface area (Å²) in [6.45, 7) is 4.42. The Hall–Kier alpha value is -4.13. The van der Waals surface area contributed by atoms with Gasteiger partial charge in [0.2, 0.25) is 0 Å². The Kier molecular flexibility index (Phi) is 8.95.